The molecule has 0 spiro atoms. The summed E-state index contributed by atoms with van der Waals surface area (Å²) in [6.45, 7) is 13.0. The fourth-order valence-electron chi connectivity index (χ4n) is 16.0. The fourth-order valence-corrected chi connectivity index (χ4v) is 16.0. The summed E-state index contributed by atoms with van der Waals surface area (Å²) in [5.74, 6) is -1.53. The lowest BCUT2D eigenvalue weighted by atomic mass is 9.55. The molecule has 496 valence electrons. The van der Waals surface area contributed by atoms with Crippen molar-refractivity contribution in [3.8, 4) is 0 Å². The minimum absolute atomic E-state index is 0.0380. The van der Waals surface area contributed by atoms with Crippen LogP contribution < -0.4 is 0 Å². The first-order chi connectivity index (χ1) is 41.6. The molecule has 1 saturated carbocycles. The van der Waals surface area contributed by atoms with Crippen LogP contribution in [0.1, 0.15) is 113 Å². The summed E-state index contributed by atoms with van der Waals surface area (Å²) < 4.78 is 118. The van der Waals surface area contributed by atoms with E-state index in [9.17, 15) is 35.4 Å². The van der Waals surface area contributed by atoms with Crippen molar-refractivity contribution in [2.75, 3.05) is 41.7 Å². The Balaban J connectivity index is 0.632. The highest BCUT2D eigenvalue weighted by atomic mass is 16.8. The van der Waals surface area contributed by atoms with Gasteiger partial charge >= 0.3 is 5.97 Å². The van der Waals surface area contributed by atoms with Gasteiger partial charge in [0.05, 0.1) is 105 Å². The summed E-state index contributed by atoms with van der Waals surface area (Å²) in [5.41, 5.74) is 1.85. The molecule has 6 N–H and O–H groups in total. The van der Waals surface area contributed by atoms with Gasteiger partial charge in [0.15, 0.2) is 37.7 Å². The van der Waals surface area contributed by atoms with E-state index in [1.807, 2.05) is 27.7 Å². The Kier molecular flexibility index (Phi) is 20.9. The molecule has 11 aliphatic rings. The molecule has 9 heterocycles. The first-order valence-electron chi connectivity index (χ1n) is 31.5. The lowest BCUT2D eigenvalue weighted by Gasteiger charge is -2.52. The van der Waals surface area contributed by atoms with Gasteiger partial charge in [0.25, 0.3) is 0 Å². The zero-order chi connectivity index (χ0) is 62.0. The van der Waals surface area contributed by atoms with E-state index < -0.39 is 184 Å². The molecule has 26 nitrogen and oxygen atoms in total. The van der Waals surface area contributed by atoms with E-state index in [0.717, 1.165) is 18.4 Å². The molecule has 33 atom stereocenters. The lowest BCUT2D eigenvalue weighted by Crippen LogP contribution is -2.62. The predicted octanol–water partition coefficient (Wildman–Crippen LogP) is 1.90. The normalized spacial score (nSPS) is 52.0. The summed E-state index contributed by atoms with van der Waals surface area (Å²) in [6, 6.07) is 0. The highest BCUT2D eigenvalue weighted by Gasteiger charge is 2.60. The van der Waals surface area contributed by atoms with Gasteiger partial charge < -0.3 is 121 Å². The summed E-state index contributed by atoms with van der Waals surface area (Å²) in [6.07, 6.45) is -13.9. The van der Waals surface area contributed by atoms with Crippen molar-refractivity contribution in [3.63, 3.8) is 0 Å². The van der Waals surface area contributed by atoms with Crippen LogP contribution >= 0.6 is 0 Å². The monoisotopic (exact) mass is 1240 g/mol. The summed E-state index contributed by atoms with van der Waals surface area (Å²) in [7, 11) is 6.30. The molecular formula is C61H96O26. The molecule has 8 saturated heterocycles. The zero-order valence-electron chi connectivity index (χ0n) is 51.9. The van der Waals surface area contributed by atoms with Crippen LogP contribution in [0.4, 0.5) is 0 Å². The molecule has 0 unspecified atom stereocenters. The number of rotatable bonds is 17. The Hall–Kier alpha value is -2.17. The van der Waals surface area contributed by atoms with Gasteiger partial charge in [0.1, 0.15) is 61.0 Å². The van der Waals surface area contributed by atoms with Crippen LogP contribution in [-0.4, -0.2) is 256 Å². The van der Waals surface area contributed by atoms with Crippen molar-refractivity contribution >= 4 is 5.97 Å². The van der Waals surface area contributed by atoms with Gasteiger partial charge in [0, 0.05) is 67.5 Å². The number of methoxy groups -OCH3 is 4. The van der Waals surface area contributed by atoms with E-state index in [-0.39, 0.29) is 49.1 Å². The Bertz CT molecular complexity index is 2350. The number of hydrogen-bond donors (Lipinski definition) is 6. The first-order valence-corrected chi connectivity index (χ1v) is 31.5. The summed E-state index contributed by atoms with van der Waals surface area (Å²) in [4.78, 5) is 13.9. The van der Waals surface area contributed by atoms with E-state index in [1.54, 1.807) is 41.4 Å². The van der Waals surface area contributed by atoms with Crippen molar-refractivity contribution in [2.45, 2.75) is 290 Å². The quantitative estimate of drug-likeness (QED) is 0.0895. The molecule has 0 bridgehead atoms. The molecule has 11 rings (SSSR count). The predicted molar refractivity (Wildman–Crippen MR) is 296 cm³/mol. The smallest absolute Gasteiger partial charge is 0.309 e. The van der Waals surface area contributed by atoms with Gasteiger partial charge in [-0.2, -0.15) is 0 Å². The number of carbonyl (C=O) groups excluding carboxylic acids is 1. The maximum absolute atomic E-state index is 13.9. The molecule has 0 aromatic carbocycles. The van der Waals surface area contributed by atoms with Gasteiger partial charge in [-0.25, -0.2) is 0 Å². The number of aliphatic hydroxyl groups is 6. The number of aliphatic hydroxyl groups excluding tert-OH is 6. The number of esters is 1. The molecule has 87 heavy (non-hydrogen) atoms. The highest BCUT2D eigenvalue weighted by Crippen LogP contribution is 2.57. The third-order valence-electron chi connectivity index (χ3n) is 20.8. The second-order valence-electron chi connectivity index (χ2n) is 26.3. The van der Waals surface area contributed by atoms with Crippen LogP contribution in [0.5, 0.6) is 0 Å². The van der Waals surface area contributed by atoms with Crippen molar-refractivity contribution in [3.05, 3.63) is 23.5 Å². The highest BCUT2D eigenvalue weighted by molar-refractivity contribution is 5.74. The second-order valence-corrected chi connectivity index (χ2v) is 26.3. The molecular weight excluding hydrogens is 1150 g/mol. The van der Waals surface area contributed by atoms with Crippen molar-refractivity contribution < 1.29 is 125 Å². The minimum atomic E-state index is -1.61. The molecule has 0 aromatic rings. The minimum Gasteiger partial charge on any atom is -0.469 e. The topological polar surface area (TPSA) is 314 Å². The average molecular weight is 1250 g/mol. The Labute approximate surface area is 508 Å². The first kappa shape index (κ1) is 66.3. The Morgan fingerprint density at radius 1 is 0.575 bits per heavy atom. The number of fused-ring (bicyclic) bond motifs is 3. The van der Waals surface area contributed by atoms with Crippen molar-refractivity contribution in [1.82, 2.24) is 0 Å². The van der Waals surface area contributed by atoms with Crippen LogP contribution in [0.25, 0.3) is 0 Å². The van der Waals surface area contributed by atoms with Gasteiger partial charge in [-0.15, -0.1) is 0 Å². The number of ether oxygens (including phenoxy) is 19. The van der Waals surface area contributed by atoms with E-state index in [0.29, 0.717) is 38.7 Å². The molecule has 26 heteroatoms. The molecule has 9 fully saturated rings. The summed E-state index contributed by atoms with van der Waals surface area (Å²) >= 11 is 0. The van der Waals surface area contributed by atoms with Crippen molar-refractivity contribution in [2.24, 2.45) is 23.2 Å². The molecule has 0 amide bonds. The average Bonchev–Trinajstić information content (AvgIpc) is 1.80. The summed E-state index contributed by atoms with van der Waals surface area (Å²) in [5, 5.41) is 64.4. The van der Waals surface area contributed by atoms with E-state index in [1.165, 1.54) is 12.7 Å². The Morgan fingerprint density at radius 2 is 1.06 bits per heavy atom. The molecule has 2 aliphatic carbocycles. The van der Waals surface area contributed by atoms with Crippen LogP contribution in [-0.2, 0) is 94.8 Å². The van der Waals surface area contributed by atoms with Gasteiger partial charge in [0.2, 0.25) is 5.79 Å². The van der Waals surface area contributed by atoms with Crippen molar-refractivity contribution in [1.29, 1.82) is 0 Å². The maximum atomic E-state index is 13.9. The third kappa shape index (κ3) is 13.4. The number of carbonyl (C=O) groups is 1. The van der Waals surface area contributed by atoms with Crippen LogP contribution in [0, 0.1) is 23.2 Å². The van der Waals surface area contributed by atoms with E-state index in [2.05, 4.69) is 13.0 Å². The molecule has 9 aliphatic heterocycles. The SMILES string of the molecule is CO[C@H]1C[C@H](O[C@@H]2[C@@H](O)C[C@H](O[C@@H]3[C@H](C)O[C@@H](O[C@H]4[C@@H](OC)C[C@H](O[C@@H]5CC6=CC[C@H]7C(=O)O[C@@H]8CO[C@]9(C)OC=C(CC[C@@H]7[C@@]6(C)C[C@H]5O)[C@H]89)O[C@@H]4C)C[C@H]3OC)O[C@@H]2C)O[C@H](C)[C@H]1O[C@H]1C[C@@H](OC)[C@@H](O[C@@H]2O[C@H](CO)[C@H](O)[C@H](O)[C@H]2O)[C@H](C)O1. The van der Waals surface area contributed by atoms with Crippen LogP contribution in [0.15, 0.2) is 23.5 Å². The van der Waals surface area contributed by atoms with Gasteiger partial charge in [-0.1, -0.05) is 18.6 Å². The number of allylic oxidation sites excluding steroid dienone is 1. The number of hydrogen-bond acceptors (Lipinski definition) is 26. The van der Waals surface area contributed by atoms with Gasteiger partial charge in [-0.05, 0) is 83.6 Å². The fraction of sp³-hybridized carbons (Fsp3) is 0.918. The second kappa shape index (κ2) is 27.4. The van der Waals surface area contributed by atoms with E-state index >= 15 is 0 Å². The lowest BCUT2D eigenvalue weighted by molar-refractivity contribution is -0.359. The Morgan fingerprint density at radius 3 is 1.56 bits per heavy atom. The maximum Gasteiger partial charge on any atom is 0.309 e. The molecule has 0 aromatic heterocycles. The zero-order valence-corrected chi connectivity index (χ0v) is 51.9. The third-order valence-corrected chi connectivity index (χ3v) is 20.8. The van der Waals surface area contributed by atoms with Gasteiger partial charge in [-0.3, -0.25) is 4.79 Å². The standard InChI is InChI=1S/C61H96O26/c1-26-53(83-46-19-39(70-9)56(29(4)77-46)86-48-21-41(72-11)57(30(5)79-48)87-59-52(67)51(66)50(65)42(23-62)82-59)35(63)17-44(75-26)84-54-28(3)78-47(20-40(54)71-10)85-55-27(2)76-45(18-38(55)69-8)80-37-16-32-13-14-33-34(60(32,6)22-36(37)64)15-12-31-24-73-61(7)49(31)43(25-74-61)81-58(33)68/h13,24,26-30,33-57,59,62-67H,12,14-23,25H2,1-11H3/t26-,27-,28+,29-,30+,33-,34+,35+,36-,37-,38+,39+,40-,41-,42-,43-,44+,45+,46+,47+,48+,49-,50+,51+,52-,53+,54-,55-,56-,57+,59+,60+,61+/m1/s1. The largest absolute Gasteiger partial charge is 0.469 e. The molecule has 0 radical (unpaired) electrons. The van der Waals surface area contributed by atoms with E-state index in [4.69, 9.17) is 90.0 Å². The van der Waals surface area contributed by atoms with Crippen LogP contribution in [0.3, 0.4) is 0 Å². The van der Waals surface area contributed by atoms with Crippen LogP contribution in [0.2, 0.25) is 0 Å².